The molecule has 1 fully saturated rings. The van der Waals surface area contributed by atoms with E-state index in [1.54, 1.807) is 0 Å². The summed E-state index contributed by atoms with van der Waals surface area (Å²) in [6, 6.07) is 10.6. The van der Waals surface area contributed by atoms with E-state index in [-0.39, 0.29) is 6.10 Å². The maximum atomic E-state index is 9.92. The van der Waals surface area contributed by atoms with Crippen LogP contribution in [0, 0.1) is 0 Å². The highest BCUT2D eigenvalue weighted by Crippen LogP contribution is 2.32. The molecule has 2 atom stereocenters. The van der Waals surface area contributed by atoms with Crippen molar-refractivity contribution >= 4 is 10.9 Å². The van der Waals surface area contributed by atoms with E-state index in [4.69, 9.17) is 0 Å². The van der Waals surface area contributed by atoms with E-state index in [9.17, 15) is 5.11 Å². The molecule has 3 rings (SSSR count). The summed E-state index contributed by atoms with van der Waals surface area (Å²) in [5.74, 6) is 0.507. The number of benzene rings is 1. The van der Waals surface area contributed by atoms with Crippen LogP contribution in [0.4, 0.5) is 0 Å². The molecule has 0 spiro atoms. The molecule has 1 aliphatic rings. The van der Waals surface area contributed by atoms with Crippen molar-refractivity contribution in [3.8, 4) is 0 Å². The molecule has 0 bridgehead atoms. The number of nitrogens with zero attached hydrogens (tertiary/aromatic N) is 1. The first-order valence-corrected chi connectivity index (χ1v) is 6.86. The fraction of sp³-hybridized carbons (Fsp3) is 0.438. The number of pyridine rings is 1. The van der Waals surface area contributed by atoms with Crippen LogP contribution in [0.2, 0.25) is 0 Å². The lowest BCUT2D eigenvalue weighted by Crippen LogP contribution is -2.09. The Morgan fingerprint density at radius 1 is 1.11 bits per heavy atom. The predicted octanol–water partition coefficient (Wildman–Crippen LogP) is 3.64. The quantitative estimate of drug-likeness (QED) is 0.773. The Balaban J connectivity index is 1.92. The monoisotopic (exact) mass is 241 g/mol. The van der Waals surface area contributed by atoms with Gasteiger partial charge >= 0.3 is 0 Å². The molecule has 2 unspecified atom stereocenters. The fourth-order valence-corrected chi connectivity index (χ4v) is 2.99. The third kappa shape index (κ3) is 2.39. The highest BCUT2D eigenvalue weighted by Gasteiger charge is 2.19. The molecule has 1 aliphatic carbocycles. The van der Waals surface area contributed by atoms with E-state index in [0.717, 1.165) is 24.8 Å². The van der Waals surface area contributed by atoms with Crippen molar-refractivity contribution < 1.29 is 5.11 Å². The topological polar surface area (TPSA) is 33.1 Å². The smallest absolute Gasteiger partial charge is 0.0702 e. The molecule has 2 nitrogen and oxygen atoms in total. The van der Waals surface area contributed by atoms with Crippen molar-refractivity contribution in [2.24, 2.45) is 0 Å². The zero-order chi connectivity index (χ0) is 12.4. The minimum absolute atomic E-state index is 0.123. The van der Waals surface area contributed by atoms with E-state index in [2.05, 4.69) is 29.2 Å². The number of fused-ring (bicyclic) bond motifs is 1. The third-order valence-corrected chi connectivity index (χ3v) is 3.99. The Labute approximate surface area is 108 Å². The van der Waals surface area contributed by atoms with Crippen LogP contribution in [-0.4, -0.2) is 16.2 Å². The molecule has 0 aliphatic heterocycles. The summed E-state index contributed by atoms with van der Waals surface area (Å²) < 4.78 is 0. The van der Waals surface area contributed by atoms with Crippen LogP contribution in [0.3, 0.4) is 0 Å². The first-order valence-electron chi connectivity index (χ1n) is 6.86. The van der Waals surface area contributed by atoms with Crippen molar-refractivity contribution in [1.29, 1.82) is 0 Å². The summed E-state index contributed by atoms with van der Waals surface area (Å²) in [4.78, 5) is 4.35. The first-order chi connectivity index (χ1) is 8.83. The number of aliphatic hydroxyl groups is 1. The minimum Gasteiger partial charge on any atom is -0.393 e. The number of aromatic nitrogens is 1. The van der Waals surface area contributed by atoms with Gasteiger partial charge < -0.3 is 5.11 Å². The van der Waals surface area contributed by atoms with Crippen LogP contribution >= 0.6 is 0 Å². The van der Waals surface area contributed by atoms with Gasteiger partial charge in [0.15, 0.2) is 0 Å². The molecule has 2 heteroatoms. The molecule has 1 aromatic heterocycles. The van der Waals surface area contributed by atoms with Crippen LogP contribution in [0.5, 0.6) is 0 Å². The Morgan fingerprint density at radius 2 is 2.00 bits per heavy atom. The van der Waals surface area contributed by atoms with Gasteiger partial charge in [0.1, 0.15) is 0 Å². The summed E-state index contributed by atoms with van der Waals surface area (Å²) in [7, 11) is 0. The zero-order valence-corrected chi connectivity index (χ0v) is 10.5. The lowest BCUT2D eigenvalue weighted by atomic mass is 9.90. The Morgan fingerprint density at radius 3 is 2.94 bits per heavy atom. The summed E-state index contributed by atoms with van der Waals surface area (Å²) >= 11 is 0. The molecular formula is C16H19NO. The van der Waals surface area contributed by atoms with Crippen molar-refractivity contribution in [3.05, 3.63) is 42.1 Å². The molecule has 0 saturated heterocycles. The maximum Gasteiger partial charge on any atom is 0.0702 e. The van der Waals surface area contributed by atoms with Crippen molar-refractivity contribution in [1.82, 2.24) is 4.98 Å². The van der Waals surface area contributed by atoms with Crippen LogP contribution in [0.15, 0.2) is 36.5 Å². The van der Waals surface area contributed by atoms with E-state index in [1.165, 1.54) is 23.8 Å². The van der Waals surface area contributed by atoms with Gasteiger partial charge in [-0.2, -0.15) is 0 Å². The van der Waals surface area contributed by atoms with Gasteiger partial charge in [-0.15, -0.1) is 0 Å². The summed E-state index contributed by atoms with van der Waals surface area (Å²) in [6.45, 7) is 0. The molecule has 1 N–H and O–H groups in total. The largest absolute Gasteiger partial charge is 0.393 e. The Bertz CT molecular complexity index is 537. The van der Waals surface area contributed by atoms with Crippen LogP contribution < -0.4 is 0 Å². The highest BCUT2D eigenvalue weighted by molar-refractivity contribution is 5.79. The summed E-state index contributed by atoms with van der Waals surface area (Å²) in [5, 5.41) is 11.1. The van der Waals surface area contributed by atoms with Gasteiger partial charge in [-0.05, 0) is 48.9 Å². The maximum absolute atomic E-state index is 9.92. The van der Waals surface area contributed by atoms with Gasteiger partial charge in [-0.25, -0.2) is 0 Å². The SMILES string of the molecule is OC1CCCCC(c2ccc3ncccc3c2)C1. The molecule has 94 valence electrons. The molecular weight excluding hydrogens is 222 g/mol. The molecule has 1 saturated carbocycles. The van der Waals surface area contributed by atoms with Crippen molar-refractivity contribution in [2.75, 3.05) is 0 Å². The van der Waals surface area contributed by atoms with Gasteiger partial charge in [-0.3, -0.25) is 4.98 Å². The predicted molar refractivity (Wildman–Crippen MR) is 73.6 cm³/mol. The Kier molecular flexibility index (Phi) is 3.28. The average molecular weight is 241 g/mol. The molecule has 18 heavy (non-hydrogen) atoms. The first kappa shape index (κ1) is 11.7. The lowest BCUT2D eigenvalue weighted by Gasteiger charge is -2.17. The van der Waals surface area contributed by atoms with Gasteiger partial charge in [0.05, 0.1) is 11.6 Å². The van der Waals surface area contributed by atoms with Crippen LogP contribution in [-0.2, 0) is 0 Å². The van der Waals surface area contributed by atoms with E-state index in [1.807, 2.05) is 12.3 Å². The molecule has 2 aromatic rings. The zero-order valence-electron chi connectivity index (χ0n) is 10.5. The Hall–Kier alpha value is -1.41. The number of hydrogen-bond donors (Lipinski definition) is 1. The van der Waals surface area contributed by atoms with Gasteiger partial charge in [-0.1, -0.05) is 25.0 Å². The second kappa shape index (κ2) is 5.07. The average Bonchev–Trinajstić information content (AvgIpc) is 2.63. The van der Waals surface area contributed by atoms with Crippen LogP contribution in [0.1, 0.15) is 43.6 Å². The number of aliphatic hydroxyl groups excluding tert-OH is 1. The molecule has 1 aromatic carbocycles. The van der Waals surface area contributed by atoms with Crippen molar-refractivity contribution in [2.45, 2.75) is 44.1 Å². The second-order valence-electron chi connectivity index (χ2n) is 5.33. The lowest BCUT2D eigenvalue weighted by molar-refractivity contribution is 0.152. The van der Waals surface area contributed by atoms with E-state index < -0.39 is 0 Å². The van der Waals surface area contributed by atoms with Crippen molar-refractivity contribution in [3.63, 3.8) is 0 Å². The van der Waals surface area contributed by atoms with Gasteiger partial charge in [0.2, 0.25) is 0 Å². The second-order valence-corrected chi connectivity index (χ2v) is 5.33. The van der Waals surface area contributed by atoms with Crippen LogP contribution in [0.25, 0.3) is 10.9 Å². The fourth-order valence-electron chi connectivity index (χ4n) is 2.99. The van der Waals surface area contributed by atoms with E-state index >= 15 is 0 Å². The number of hydrogen-bond acceptors (Lipinski definition) is 2. The number of rotatable bonds is 1. The normalized spacial score (nSPS) is 24.9. The molecule has 1 heterocycles. The third-order valence-electron chi connectivity index (χ3n) is 3.99. The van der Waals surface area contributed by atoms with E-state index in [0.29, 0.717) is 5.92 Å². The minimum atomic E-state index is -0.123. The molecule has 0 amide bonds. The van der Waals surface area contributed by atoms with Gasteiger partial charge in [0.25, 0.3) is 0 Å². The van der Waals surface area contributed by atoms with Gasteiger partial charge in [0, 0.05) is 11.6 Å². The molecule has 0 radical (unpaired) electrons. The summed E-state index contributed by atoms with van der Waals surface area (Å²) in [6.07, 6.45) is 7.17. The highest BCUT2D eigenvalue weighted by atomic mass is 16.3. The standard InChI is InChI=1S/C16H19NO/c18-15-6-2-1-4-12(11-15)13-7-8-16-14(10-13)5-3-9-17-16/h3,5,7-10,12,15,18H,1-2,4,6,11H2. The summed E-state index contributed by atoms with van der Waals surface area (Å²) in [5.41, 5.74) is 2.41.